The first-order valence-electron chi connectivity index (χ1n) is 9.11. The number of hydrogen-bond acceptors (Lipinski definition) is 3. The highest BCUT2D eigenvalue weighted by molar-refractivity contribution is 6.04. The third kappa shape index (κ3) is 3.02. The fourth-order valence-corrected chi connectivity index (χ4v) is 4.50. The van der Waals surface area contributed by atoms with E-state index in [4.69, 9.17) is 9.47 Å². The van der Waals surface area contributed by atoms with Gasteiger partial charge in [-0.25, -0.2) is 0 Å². The van der Waals surface area contributed by atoms with Crippen molar-refractivity contribution in [3.63, 3.8) is 0 Å². The molecule has 0 spiro atoms. The third-order valence-electron chi connectivity index (χ3n) is 5.61. The van der Waals surface area contributed by atoms with Crippen LogP contribution in [0.2, 0.25) is 0 Å². The smallest absolute Gasteiger partial charge is 0.188 e. The van der Waals surface area contributed by atoms with Gasteiger partial charge in [-0.2, -0.15) is 0 Å². The number of allylic oxidation sites excluding steroid dienone is 2. The Bertz CT molecular complexity index is 659. The Kier molecular flexibility index (Phi) is 5.09. The lowest BCUT2D eigenvalue weighted by Crippen LogP contribution is -2.20. The number of ketones is 1. The van der Waals surface area contributed by atoms with E-state index in [-0.39, 0.29) is 12.2 Å². The van der Waals surface area contributed by atoms with Crippen LogP contribution in [0.3, 0.4) is 0 Å². The summed E-state index contributed by atoms with van der Waals surface area (Å²) in [5.74, 6) is 1.18. The Morgan fingerprint density at radius 2 is 2.12 bits per heavy atom. The van der Waals surface area contributed by atoms with Gasteiger partial charge in [-0.15, -0.1) is 0 Å². The number of hydrogen-bond donors (Lipinski definition) is 0. The molecule has 0 aliphatic heterocycles. The van der Waals surface area contributed by atoms with Crippen molar-refractivity contribution in [2.24, 2.45) is 5.41 Å². The number of carbonyl (C=O) groups is 1. The average molecular weight is 328 g/mol. The van der Waals surface area contributed by atoms with Gasteiger partial charge in [0.05, 0.1) is 0 Å². The van der Waals surface area contributed by atoms with Crippen LogP contribution in [0.4, 0.5) is 0 Å². The van der Waals surface area contributed by atoms with E-state index in [9.17, 15) is 4.79 Å². The van der Waals surface area contributed by atoms with Crippen molar-refractivity contribution in [1.82, 2.24) is 0 Å². The van der Waals surface area contributed by atoms with Gasteiger partial charge in [0.1, 0.15) is 5.75 Å². The summed E-state index contributed by atoms with van der Waals surface area (Å²) in [5, 5.41) is 0. The van der Waals surface area contributed by atoms with Gasteiger partial charge in [0.15, 0.2) is 12.6 Å². The Labute approximate surface area is 145 Å². The summed E-state index contributed by atoms with van der Waals surface area (Å²) in [6.45, 7) is 4.54. The summed E-state index contributed by atoms with van der Waals surface area (Å²) in [4.78, 5) is 12.5. The molecule has 0 fully saturated rings. The normalized spacial score (nSPS) is 23.0. The summed E-state index contributed by atoms with van der Waals surface area (Å²) < 4.78 is 10.6. The van der Waals surface area contributed by atoms with Crippen LogP contribution in [0.15, 0.2) is 23.8 Å². The number of Topliss-reactive ketones (excluding diaryl/α,β-unsaturated/α-hetero) is 1. The van der Waals surface area contributed by atoms with E-state index in [1.807, 2.05) is 13.0 Å². The van der Waals surface area contributed by atoms with Crippen LogP contribution in [0.25, 0.3) is 5.57 Å². The molecule has 3 rings (SSSR count). The molecular formula is C21H28O3. The maximum absolute atomic E-state index is 12.5. The molecule has 0 N–H and O–H groups in total. The first kappa shape index (κ1) is 17.2. The lowest BCUT2D eigenvalue weighted by Gasteiger charge is -2.31. The van der Waals surface area contributed by atoms with Crippen LogP contribution in [-0.4, -0.2) is 19.7 Å². The van der Waals surface area contributed by atoms with Crippen LogP contribution in [0, 0.1) is 5.41 Å². The fraction of sp³-hybridized carbons (Fsp3) is 0.571. The van der Waals surface area contributed by atoms with E-state index in [1.165, 1.54) is 36.0 Å². The Morgan fingerprint density at radius 3 is 2.88 bits per heavy atom. The molecule has 0 heterocycles. The van der Waals surface area contributed by atoms with Crippen LogP contribution in [0.1, 0.15) is 63.5 Å². The molecule has 130 valence electrons. The van der Waals surface area contributed by atoms with E-state index < -0.39 is 0 Å². The van der Waals surface area contributed by atoms with Crippen LogP contribution >= 0.6 is 0 Å². The molecule has 1 atom stereocenters. The molecule has 1 aromatic carbocycles. The molecule has 1 aromatic rings. The standard InChI is InChI=1S/C21H28O3/c1-4-5-10-21-11-6-7-19(22)15(2)20(21)18-9-8-17(24-14-23-3)12-16(18)13-21/h8-9,12H,4-7,10-11,13-14H2,1-3H3. The summed E-state index contributed by atoms with van der Waals surface area (Å²) in [6.07, 6.45) is 7.44. The van der Waals surface area contributed by atoms with E-state index in [0.717, 1.165) is 30.6 Å². The van der Waals surface area contributed by atoms with Gasteiger partial charge in [0.2, 0.25) is 0 Å². The number of rotatable bonds is 6. The molecule has 0 bridgehead atoms. The van der Waals surface area contributed by atoms with Gasteiger partial charge in [0.25, 0.3) is 0 Å². The zero-order valence-corrected chi connectivity index (χ0v) is 15.1. The number of unbranched alkanes of at least 4 members (excludes halogenated alkanes) is 1. The highest BCUT2D eigenvalue weighted by Gasteiger charge is 2.44. The zero-order chi connectivity index (χ0) is 17.2. The topological polar surface area (TPSA) is 35.5 Å². The summed E-state index contributed by atoms with van der Waals surface area (Å²) in [5.41, 5.74) is 5.06. The molecule has 0 aromatic heterocycles. The molecule has 24 heavy (non-hydrogen) atoms. The first-order valence-corrected chi connectivity index (χ1v) is 9.11. The molecule has 3 heteroatoms. The molecule has 0 saturated heterocycles. The summed E-state index contributed by atoms with van der Waals surface area (Å²) in [6, 6.07) is 6.29. The number of fused-ring (bicyclic) bond motifs is 3. The molecule has 0 amide bonds. The van der Waals surface area contributed by atoms with Crippen molar-refractivity contribution >= 4 is 11.4 Å². The molecule has 3 nitrogen and oxygen atoms in total. The second-order valence-electron chi connectivity index (χ2n) is 7.21. The highest BCUT2D eigenvalue weighted by Crippen LogP contribution is 2.55. The lowest BCUT2D eigenvalue weighted by atomic mass is 9.72. The van der Waals surface area contributed by atoms with Gasteiger partial charge in [-0.05, 0) is 67.0 Å². The van der Waals surface area contributed by atoms with Crippen molar-refractivity contribution in [3.8, 4) is 5.75 Å². The fourth-order valence-electron chi connectivity index (χ4n) is 4.50. The van der Waals surface area contributed by atoms with Crippen molar-refractivity contribution in [2.45, 2.75) is 58.8 Å². The van der Waals surface area contributed by atoms with Crippen LogP contribution in [0.5, 0.6) is 5.75 Å². The minimum atomic E-state index is 0.147. The number of methoxy groups -OCH3 is 1. The zero-order valence-electron chi connectivity index (χ0n) is 15.1. The predicted molar refractivity (Wildman–Crippen MR) is 96.1 cm³/mol. The highest BCUT2D eigenvalue weighted by atomic mass is 16.7. The molecule has 2 aliphatic carbocycles. The number of benzene rings is 1. The van der Waals surface area contributed by atoms with Crippen molar-refractivity contribution in [2.75, 3.05) is 13.9 Å². The van der Waals surface area contributed by atoms with Gasteiger partial charge in [-0.1, -0.05) is 25.8 Å². The monoisotopic (exact) mass is 328 g/mol. The van der Waals surface area contributed by atoms with E-state index in [2.05, 4.69) is 19.1 Å². The van der Waals surface area contributed by atoms with E-state index in [1.54, 1.807) is 7.11 Å². The first-order chi connectivity index (χ1) is 11.6. The van der Waals surface area contributed by atoms with Crippen molar-refractivity contribution in [1.29, 1.82) is 0 Å². The van der Waals surface area contributed by atoms with Gasteiger partial charge < -0.3 is 9.47 Å². The quantitative estimate of drug-likeness (QED) is 0.695. The number of carbonyl (C=O) groups excluding carboxylic acids is 1. The minimum Gasteiger partial charge on any atom is -0.468 e. The number of ether oxygens (including phenoxy) is 2. The van der Waals surface area contributed by atoms with Crippen molar-refractivity contribution < 1.29 is 14.3 Å². The predicted octanol–water partition coefficient (Wildman–Crippen LogP) is 4.93. The van der Waals surface area contributed by atoms with Crippen LogP contribution in [-0.2, 0) is 16.0 Å². The second-order valence-corrected chi connectivity index (χ2v) is 7.21. The van der Waals surface area contributed by atoms with E-state index in [0.29, 0.717) is 12.2 Å². The second kappa shape index (κ2) is 7.10. The maximum atomic E-state index is 12.5. The third-order valence-corrected chi connectivity index (χ3v) is 5.61. The molecule has 2 aliphatic rings. The SMILES string of the molecule is CCCCC12CCCC(=O)C(C)=C1c1ccc(OCOC)cc1C2. The maximum Gasteiger partial charge on any atom is 0.188 e. The molecule has 1 unspecified atom stereocenters. The molecule has 0 radical (unpaired) electrons. The summed E-state index contributed by atoms with van der Waals surface area (Å²) in [7, 11) is 1.63. The Balaban J connectivity index is 2.04. The van der Waals surface area contributed by atoms with Gasteiger partial charge in [-0.3, -0.25) is 4.79 Å². The minimum absolute atomic E-state index is 0.147. The molecule has 0 saturated carbocycles. The van der Waals surface area contributed by atoms with Gasteiger partial charge >= 0.3 is 0 Å². The van der Waals surface area contributed by atoms with E-state index >= 15 is 0 Å². The lowest BCUT2D eigenvalue weighted by molar-refractivity contribution is -0.115. The Hall–Kier alpha value is -1.61. The molecular weight excluding hydrogens is 300 g/mol. The average Bonchev–Trinajstić information content (AvgIpc) is 2.84. The Morgan fingerprint density at radius 1 is 1.29 bits per heavy atom. The largest absolute Gasteiger partial charge is 0.468 e. The van der Waals surface area contributed by atoms with Crippen LogP contribution < -0.4 is 4.74 Å². The van der Waals surface area contributed by atoms with Gasteiger partial charge in [0, 0.05) is 18.9 Å². The summed E-state index contributed by atoms with van der Waals surface area (Å²) >= 11 is 0. The van der Waals surface area contributed by atoms with Crippen molar-refractivity contribution in [3.05, 3.63) is 34.9 Å².